The maximum absolute atomic E-state index is 11.7. The molecule has 1 radical (unpaired) electrons. The van der Waals surface area contributed by atoms with Crippen LogP contribution in [-0.2, 0) is 0 Å². The zero-order valence-corrected chi connectivity index (χ0v) is 9.66. The van der Waals surface area contributed by atoms with E-state index in [1.165, 1.54) is 0 Å². The van der Waals surface area contributed by atoms with Crippen molar-refractivity contribution in [1.29, 1.82) is 0 Å². The van der Waals surface area contributed by atoms with Gasteiger partial charge in [0.1, 0.15) is 0 Å². The van der Waals surface area contributed by atoms with Crippen molar-refractivity contribution in [2.75, 3.05) is 7.05 Å². The summed E-state index contributed by atoms with van der Waals surface area (Å²) in [6.07, 6.45) is 1.62. The second-order valence-electron chi connectivity index (χ2n) is 3.74. The first-order chi connectivity index (χ1) is 8.15. The first-order valence-corrected chi connectivity index (χ1v) is 5.26. The summed E-state index contributed by atoms with van der Waals surface area (Å²) in [6.45, 7) is 7.64. The predicted octanol–water partition coefficient (Wildman–Crippen LogP) is 2.44. The molecule has 1 heterocycles. The van der Waals surface area contributed by atoms with Gasteiger partial charge in [-0.3, -0.25) is 9.78 Å². The van der Waals surface area contributed by atoms with Crippen molar-refractivity contribution in [3.8, 4) is 0 Å². The molecule has 3 nitrogen and oxygen atoms in total. The predicted molar refractivity (Wildman–Crippen MR) is 69.5 cm³/mol. The second kappa shape index (κ2) is 4.37. The number of benzene rings is 1. The molecular weight excluding hydrogens is 212 g/mol. The fourth-order valence-electron chi connectivity index (χ4n) is 1.79. The van der Waals surface area contributed by atoms with E-state index in [0.717, 1.165) is 16.5 Å². The Morgan fingerprint density at radius 2 is 2.06 bits per heavy atom. The number of aromatic nitrogens is 1. The molecule has 1 aromatic carbocycles. The van der Waals surface area contributed by atoms with Gasteiger partial charge in [0, 0.05) is 24.2 Å². The maximum atomic E-state index is 11.7. The molecule has 0 spiro atoms. The number of amides is 1. The van der Waals surface area contributed by atoms with Gasteiger partial charge >= 0.3 is 0 Å². The minimum absolute atomic E-state index is 0.121. The van der Waals surface area contributed by atoms with Gasteiger partial charge in [0.15, 0.2) is 0 Å². The number of nitrogens with zero attached hydrogens (tertiary/aromatic N) is 1. The van der Waals surface area contributed by atoms with E-state index in [9.17, 15) is 4.79 Å². The topological polar surface area (TPSA) is 42.0 Å². The van der Waals surface area contributed by atoms with E-state index in [1.54, 1.807) is 19.3 Å². The third-order valence-corrected chi connectivity index (χ3v) is 2.62. The molecule has 0 saturated carbocycles. The summed E-state index contributed by atoms with van der Waals surface area (Å²) in [5.41, 5.74) is 2.93. The molecule has 1 amide bonds. The Hall–Kier alpha value is -2.16. The van der Waals surface area contributed by atoms with E-state index >= 15 is 0 Å². The molecule has 1 N–H and O–H groups in total. The Balaban J connectivity index is 2.79. The van der Waals surface area contributed by atoms with Crippen molar-refractivity contribution in [3.63, 3.8) is 0 Å². The van der Waals surface area contributed by atoms with Crippen LogP contribution >= 0.6 is 0 Å². The van der Waals surface area contributed by atoms with Gasteiger partial charge in [-0.1, -0.05) is 24.8 Å². The van der Waals surface area contributed by atoms with Crippen LogP contribution in [0, 0.1) is 6.92 Å². The second-order valence-corrected chi connectivity index (χ2v) is 3.74. The van der Waals surface area contributed by atoms with E-state index in [4.69, 9.17) is 0 Å². The Kier molecular flexibility index (Phi) is 2.91. The standard InChI is InChI=1S/C14H13N2O/c1-9(2)10-5-4-6-11-12(14(17)15-3)7-8-16-13(10)11/h4-8H,1-2H2,3H3,(H,15,17). The highest BCUT2D eigenvalue weighted by atomic mass is 16.1. The van der Waals surface area contributed by atoms with Crippen LogP contribution in [0.3, 0.4) is 0 Å². The number of pyridine rings is 1. The molecule has 1 aromatic heterocycles. The van der Waals surface area contributed by atoms with Crippen LogP contribution in [0.1, 0.15) is 15.9 Å². The van der Waals surface area contributed by atoms with Crippen molar-refractivity contribution in [2.24, 2.45) is 0 Å². The Labute approximate surface area is 100 Å². The largest absolute Gasteiger partial charge is 0.355 e. The van der Waals surface area contributed by atoms with Gasteiger partial charge < -0.3 is 5.32 Å². The number of fused-ring (bicyclic) bond motifs is 1. The van der Waals surface area contributed by atoms with Gasteiger partial charge in [0.25, 0.3) is 5.91 Å². The quantitative estimate of drug-likeness (QED) is 0.853. The molecule has 2 aromatic rings. The lowest BCUT2D eigenvalue weighted by Crippen LogP contribution is -2.18. The summed E-state index contributed by atoms with van der Waals surface area (Å²) in [5.74, 6) is -0.121. The van der Waals surface area contributed by atoms with Gasteiger partial charge in [0.2, 0.25) is 0 Å². The molecule has 0 unspecified atom stereocenters. The molecule has 0 aliphatic carbocycles. The van der Waals surface area contributed by atoms with Crippen LogP contribution in [0.25, 0.3) is 16.5 Å². The number of carbonyl (C=O) groups is 1. The van der Waals surface area contributed by atoms with Gasteiger partial charge in [-0.25, -0.2) is 0 Å². The lowest BCUT2D eigenvalue weighted by molar-refractivity contribution is 0.0964. The van der Waals surface area contributed by atoms with Crippen LogP contribution in [0.4, 0.5) is 0 Å². The van der Waals surface area contributed by atoms with Crippen LogP contribution in [-0.4, -0.2) is 17.9 Å². The fraction of sp³-hybridized carbons (Fsp3) is 0.0714. The van der Waals surface area contributed by atoms with Gasteiger partial charge in [-0.15, -0.1) is 0 Å². The number of hydrogen-bond acceptors (Lipinski definition) is 2. The number of rotatable bonds is 2. The van der Waals surface area contributed by atoms with Crippen LogP contribution in [0.15, 0.2) is 37.0 Å². The molecule has 0 saturated heterocycles. The molecular formula is C14H13N2O. The minimum atomic E-state index is -0.121. The SMILES string of the molecule is [CH2]C(=C)c1cccc2c(C(=O)NC)ccnc12. The molecule has 0 fully saturated rings. The number of allylic oxidation sites excluding steroid dienone is 1. The van der Waals surface area contributed by atoms with Gasteiger partial charge in [-0.05, 0) is 18.6 Å². The average Bonchev–Trinajstić information content (AvgIpc) is 2.36. The highest BCUT2D eigenvalue weighted by molar-refractivity contribution is 6.07. The van der Waals surface area contributed by atoms with Crippen molar-refractivity contribution in [2.45, 2.75) is 0 Å². The molecule has 3 heteroatoms. The zero-order valence-electron chi connectivity index (χ0n) is 9.66. The summed E-state index contributed by atoms with van der Waals surface area (Å²) in [5, 5.41) is 3.43. The van der Waals surface area contributed by atoms with Crippen molar-refractivity contribution >= 4 is 22.4 Å². The van der Waals surface area contributed by atoms with Crippen LogP contribution in [0.5, 0.6) is 0 Å². The van der Waals surface area contributed by atoms with E-state index in [-0.39, 0.29) is 5.91 Å². The molecule has 2 rings (SSSR count). The minimum Gasteiger partial charge on any atom is -0.355 e. The summed E-state index contributed by atoms with van der Waals surface area (Å²) >= 11 is 0. The van der Waals surface area contributed by atoms with Gasteiger partial charge in [0.05, 0.1) is 11.1 Å². The zero-order chi connectivity index (χ0) is 12.4. The molecule has 0 atom stereocenters. The summed E-state index contributed by atoms with van der Waals surface area (Å²) in [4.78, 5) is 16.0. The summed E-state index contributed by atoms with van der Waals surface area (Å²) < 4.78 is 0. The smallest absolute Gasteiger partial charge is 0.251 e. The highest BCUT2D eigenvalue weighted by Crippen LogP contribution is 2.24. The maximum Gasteiger partial charge on any atom is 0.251 e. The van der Waals surface area contributed by atoms with E-state index in [2.05, 4.69) is 23.8 Å². The van der Waals surface area contributed by atoms with Gasteiger partial charge in [-0.2, -0.15) is 0 Å². The average molecular weight is 225 g/mol. The summed E-state index contributed by atoms with van der Waals surface area (Å²) in [7, 11) is 1.61. The van der Waals surface area contributed by atoms with E-state index in [1.807, 2.05) is 18.2 Å². The molecule has 0 aliphatic rings. The third kappa shape index (κ3) is 1.91. The van der Waals surface area contributed by atoms with Crippen LogP contribution in [0.2, 0.25) is 0 Å². The summed E-state index contributed by atoms with van der Waals surface area (Å²) in [6, 6.07) is 7.36. The first-order valence-electron chi connectivity index (χ1n) is 5.26. The first kappa shape index (κ1) is 11.3. The molecule has 85 valence electrons. The number of para-hydroxylation sites is 1. The lowest BCUT2D eigenvalue weighted by atomic mass is 10.0. The number of carbonyl (C=O) groups excluding carboxylic acids is 1. The molecule has 17 heavy (non-hydrogen) atoms. The number of hydrogen-bond donors (Lipinski definition) is 1. The lowest BCUT2D eigenvalue weighted by Gasteiger charge is -2.08. The highest BCUT2D eigenvalue weighted by Gasteiger charge is 2.11. The van der Waals surface area contributed by atoms with Crippen LogP contribution < -0.4 is 5.32 Å². The Bertz CT molecular complexity index is 602. The number of nitrogens with one attached hydrogen (secondary N) is 1. The molecule has 0 bridgehead atoms. The third-order valence-electron chi connectivity index (χ3n) is 2.62. The van der Waals surface area contributed by atoms with Crippen molar-refractivity contribution in [3.05, 3.63) is 55.1 Å². The van der Waals surface area contributed by atoms with E-state index < -0.39 is 0 Å². The Morgan fingerprint density at radius 1 is 1.29 bits per heavy atom. The normalized spacial score (nSPS) is 10.2. The monoisotopic (exact) mass is 225 g/mol. The van der Waals surface area contributed by atoms with Crippen molar-refractivity contribution in [1.82, 2.24) is 10.3 Å². The van der Waals surface area contributed by atoms with Crippen molar-refractivity contribution < 1.29 is 4.79 Å². The molecule has 0 aliphatic heterocycles. The Morgan fingerprint density at radius 3 is 2.71 bits per heavy atom. The van der Waals surface area contributed by atoms with E-state index in [0.29, 0.717) is 11.1 Å². The fourth-order valence-corrected chi connectivity index (χ4v) is 1.79.